The first kappa shape index (κ1) is 28.3. The van der Waals surface area contributed by atoms with Crippen molar-refractivity contribution in [2.24, 2.45) is 4.99 Å². The Morgan fingerprint density at radius 3 is 2.12 bits per heavy atom. The molecule has 0 radical (unpaired) electrons. The van der Waals surface area contributed by atoms with Crippen LogP contribution in [0, 0.1) is 0 Å². The van der Waals surface area contributed by atoms with E-state index in [0.717, 1.165) is 69.0 Å². The molecule has 3 aromatic heterocycles. The molecular weight excluding hydrogens is 625 g/mol. The zero-order chi connectivity index (χ0) is 33.5. The summed E-state index contributed by atoms with van der Waals surface area (Å²) in [5, 5.41) is 9.88. The van der Waals surface area contributed by atoms with Crippen LogP contribution in [0.15, 0.2) is 161 Å². The van der Waals surface area contributed by atoms with E-state index in [-0.39, 0.29) is 6.04 Å². The highest BCUT2D eigenvalue weighted by Crippen LogP contribution is 2.45. The van der Waals surface area contributed by atoms with Gasteiger partial charge in [0.15, 0.2) is 0 Å². The van der Waals surface area contributed by atoms with Gasteiger partial charge in [0.1, 0.15) is 11.3 Å². The fourth-order valence-corrected chi connectivity index (χ4v) is 8.40. The summed E-state index contributed by atoms with van der Waals surface area (Å²) in [6.07, 6.45) is 8.52. The maximum atomic E-state index is 6.57. The van der Waals surface area contributed by atoms with Crippen molar-refractivity contribution < 1.29 is 4.42 Å². The van der Waals surface area contributed by atoms with Crippen LogP contribution < -0.4 is 5.32 Å². The van der Waals surface area contributed by atoms with Crippen LogP contribution in [0.25, 0.3) is 72.0 Å². The van der Waals surface area contributed by atoms with Crippen LogP contribution in [0.2, 0.25) is 0 Å². The maximum absolute atomic E-state index is 6.57. The number of hydrogen-bond acceptors (Lipinski definition) is 3. The zero-order valence-electron chi connectivity index (χ0n) is 27.8. The van der Waals surface area contributed by atoms with Crippen molar-refractivity contribution in [3.05, 3.63) is 174 Å². The van der Waals surface area contributed by atoms with E-state index >= 15 is 0 Å². The lowest BCUT2D eigenvalue weighted by Crippen LogP contribution is -2.35. The molecule has 0 saturated heterocycles. The van der Waals surface area contributed by atoms with E-state index in [2.05, 4.69) is 172 Å². The highest BCUT2D eigenvalue weighted by atomic mass is 16.3. The Morgan fingerprint density at radius 1 is 0.627 bits per heavy atom. The molecule has 1 aliphatic heterocycles. The molecule has 4 heterocycles. The van der Waals surface area contributed by atoms with Crippen molar-refractivity contribution in [1.82, 2.24) is 14.5 Å². The molecule has 1 unspecified atom stereocenters. The number of aryl methyl sites for hydroxylation is 1. The number of nitrogens with one attached hydrogen (secondary N) is 1. The third-order valence-corrected chi connectivity index (χ3v) is 10.6. The van der Waals surface area contributed by atoms with Gasteiger partial charge in [0, 0.05) is 43.7 Å². The first-order valence-electron chi connectivity index (χ1n) is 17.7. The van der Waals surface area contributed by atoms with Crippen molar-refractivity contribution in [2.45, 2.75) is 18.9 Å². The molecule has 9 aromatic rings. The van der Waals surface area contributed by atoms with E-state index < -0.39 is 0 Å². The SMILES string of the molecule is C1=Cc2oc3ccc4c5ccc6c7ccccc7n(-c7ccccc7)c6c5n(C5=NC(c6ccccc6)=CC(c6ccccc6)N5)c4c3c2CC1. The van der Waals surface area contributed by atoms with Crippen LogP contribution in [0.1, 0.15) is 34.9 Å². The second kappa shape index (κ2) is 11.0. The largest absolute Gasteiger partial charge is 0.456 e. The number of hydrogen-bond donors (Lipinski definition) is 1. The van der Waals surface area contributed by atoms with Crippen LogP contribution in [0.3, 0.4) is 0 Å². The number of nitrogens with zero attached hydrogens (tertiary/aromatic N) is 3. The van der Waals surface area contributed by atoms with Crippen molar-refractivity contribution in [1.29, 1.82) is 0 Å². The summed E-state index contributed by atoms with van der Waals surface area (Å²) in [5.74, 6) is 1.74. The molecule has 2 aliphatic rings. The normalized spacial score (nSPS) is 15.8. The highest BCUT2D eigenvalue weighted by Gasteiger charge is 2.29. The van der Waals surface area contributed by atoms with Crippen molar-refractivity contribution in [2.75, 3.05) is 0 Å². The predicted molar refractivity (Wildman–Crippen MR) is 210 cm³/mol. The maximum Gasteiger partial charge on any atom is 0.209 e. The Balaban J connectivity index is 1.34. The first-order chi connectivity index (χ1) is 25.3. The monoisotopic (exact) mass is 656 g/mol. The minimum atomic E-state index is -0.0963. The molecule has 0 spiro atoms. The van der Waals surface area contributed by atoms with E-state index in [0.29, 0.717) is 0 Å². The Bertz CT molecular complexity index is 2920. The van der Waals surface area contributed by atoms with E-state index in [1.807, 2.05) is 0 Å². The van der Waals surface area contributed by atoms with Gasteiger partial charge in [-0.2, -0.15) is 0 Å². The Labute approximate surface area is 294 Å². The van der Waals surface area contributed by atoms with Gasteiger partial charge in [0.25, 0.3) is 0 Å². The third-order valence-electron chi connectivity index (χ3n) is 10.6. The molecular formula is C46H32N4O. The van der Waals surface area contributed by atoms with Gasteiger partial charge in [-0.25, -0.2) is 4.99 Å². The number of rotatable bonds is 3. The lowest BCUT2D eigenvalue weighted by molar-refractivity contribution is 0.595. The van der Waals surface area contributed by atoms with Crippen LogP contribution >= 0.6 is 0 Å². The average molecular weight is 657 g/mol. The Kier molecular flexibility index (Phi) is 6.07. The van der Waals surface area contributed by atoms with Gasteiger partial charge in [-0.1, -0.05) is 115 Å². The standard InChI is InChI=1S/C46H32N4O/c1-4-14-29(15-5-1)37-28-38(30-16-6-2-7-17-30)48-46(47-37)50-43-34(26-27-41-42(43)36-21-11-13-23-40(36)51-41)35-25-24-33-32-20-10-12-22-39(32)49(44(33)45(35)50)31-18-8-3-9-19-31/h1-10,12-20,22-28,37H,11,21H2,(H,47,48). The van der Waals surface area contributed by atoms with Crippen LogP contribution in [-0.4, -0.2) is 15.1 Å². The number of benzene rings is 6. The van der Waals surface area contributed by atoms with Gasteiger partial charge in [-0.3, -0.25) is 4.57 Å². The topological polar surface area (TPSA) is 47.4 Å². The zero-order valence-corrected chi connectivity index (χ0v) is 27.8. The lowest BCUT2D eigenvalue weighted by atomic mass is 9.99. The second-order valence-electron chi connectivity index (χ2n) is 13.5. The molecule has 6 aromatic carbocycles. The molecule has 1 atom stereocenters. The summed E-state index contributed by atoms with van der Waals surface area (Å²) in [7, 11) is 0. The van der Waals surface area contributed by atoms with Crippen molar-refractivity contribution in [3.8, 4) is 5.69 Å². The summed E-state index contributed by atoms with van der Waals surface area (Å²) in [6, 6.07) is 49.6. The molecule has 1 aliphatic carbocycles. The van der Waals surface area contributed by atoms with Crippen LogP contribution in [0.4, 0.5) is 0 Å². The summed E-state index contributed by atoms with van der Waals surface area (Å²) < 4.78 is 11.4. The molecule has 5 nitrogen and oxygen atoms in total. The van der Waals surface area contributed by atoms with E-state index in [1.54, 1.807) is 0 Å². The average Bonchev–Trinajstić information content (AvgIpc) is 3.86. The van der Waals surface area contributed by atoms with Gasteiger partial charge < -0.3 is 14.3 Å². The van der Waals surface area contributed by atoms with Gasteiger partial charge in [-0.05, 0) is 60.9 Å². The third kappa shape index (κ3) is 4.18. The smallest absolute Gasteiger partial charge is 0.209 e. The number of fused-ring (bicyclic) bond motifs is 11. The van der Waals surface area contributed by atoms with Crippen LogP contribution in [0.5, 0.6) is 0 Å². The molecule has 0 amide bonds. The van der Waals surface area contributed by atoms with Gasteiger partial charge in [0.05, 0.1) is 33.8 Å². The number of aliphatic imine (C=N–C) groups is 1. The predicted octanol–water partition coefficient (Wildman–Crippen LogP) is 11.2. The minimum Gasteiger partial charge on any atom is -0.456 e. The molecule has 0 bridgehead atoms. The van der Waals surface area contributed by atoms with Crippen molar-refractivity contribution in [3.63, 3.8) is 0 Å². The fourth-order valence-electron chi connectivity index (χ4n) is 8.40. The van der Waals surface area contributed by atoms with E-state index in [4.69, 9.17) is 9.41 Å². The number of para-hydroxylation sites is 2. The Hall–Kier alpha value is -6.59. The molecule has 1 N–H and O–H groups in total. The Morgan fingerprint density at radius 2 is 1.29 bits per heavy atom. The van der Waals surface area contributed by atoms with Gasteiger partial charge in [-0.15, -0.1) is 0 Å². The second-order valence-corrected chi connectivity index (χ2v) is 13.5. The van der Waals surface area contributed by atoms with E-state index in [1.165, 1.54) is 38.2 Å². The highest BCUT2D eigenvalue weighted by molar-refractivity contribution is 6.29. The van der Waals surface area contributed by atoms with E-state index in [9.17, 15) is 0 Å². The molecule has 242 valence electrons. The fraction of sp³-hybridized carbons (Fsp3) is 0.0652. The quantitative estimate of drug-likeness (QED) is 0.206. The minimum absolute atomic E-state index is 0.0963. The number of aromatic nitrogens is 2. The summed E-state index contributed by atoms with van der Waals surface area (Å²) in [4.78, 5) is 5.51. The number of allylic oxidation sites excluding steroid dienone is 1. The number of furan rings is 1. The van der Waals surface area contributed by atoms with Gasteiger partial charge >= 0.3 is 0 Å². The summed E-state index contributed by atoms with van der Waals surface area (Å²) >= 11 is 0. The molecule has 5 heteroatoms. The molecule has 51 heavy (non-hydrogen) atoms. The first-order valence-corrected chi connectivity index (χ1v) is 17.7. The summed E-state index contributed by atoms with van der Waals surface area (Å²) in [5.41, 5.74) is 11.0. The van der Waals surface area contributed by atoms with Crippen LogP contribution in [-0.2, 0) is 6.42 Å². The lowest BCUT2D eigenvalue weighted by Gasteiger charge is -2.26. The van der Waals surface area contributed by atoms with Crippen molar-refractivity contribution >= 4 is 72.3 Å². The molecule has 0 saturated carbocycles. The molecule has 11 rings (SSSR count). The summed E-state index contributed by atoms with van der Waals surface area (Å²) in [6.45, 7) is 0. The molecule has 0 fully saturated rings. The van der Waals surface area contributed by atoms with Gasteiger partial charge in [0.2, 0.25) is 5.96 Å².